The molecule has 2 atom stereocenters. The van der Waals surface area contributed by atoms with Crippen LogP contribution in [-0.2, 0) is 10.2 Å². The van der Waals surface area contributed by atoms with Gasteiger partial charge >= 0.3 is 0 Å². The molecule has 2 unspecified atom stereocenters. The van der Waals surface area contributed by atoms with Crippen molar-refractivity contribution in [2.24, 2.45) is 0 Å². The van der Waals surface area contributed by atoms with Crippen LogP contribution >= 0.6 is 11.3 Å². The molecule has 0 radical (unpaired) electrons. The first kappa shape index (κ1) is 12.7. The monoisotopic (exact) mass is 293 g/mol. The van der Waals surface area contributed by atoms with Crippen LogP contribution in [0.4, 0.5) is 0 Å². The van der Waals surface area contributed by atoms with Gasteiger partial charge in [-0.1, -0.05) is 18.3 Å². The van der Waals surface area contributed by atoms with Crippen LogP contribution < -0.4 is 5.32 Å². The van der Waals surface area contributed by atoms with E-state index in [0.717, 1.165) is 56.4 Å². The van der Waals surface area contributed by atoms with E-state index in [2.05, 4.69) is 22.4 Å². The Hall–Kier alpha value is -1.05. The van der Waals surface area contributed by atoms with E-state index in [-0.39, 0.29) is 5.41 Å². The van der Waals surface area contributed by atoms with Crippen LogP contribution in [0.1, 0.15) is 42.9 Å². The van der Waals surface area contributed by atoms with Crippen molar-refractivity contribution in [3.05, 3.63) is 10.8 Å². The molecule has 2 saturated heterocycles. The smallest absolute Gasteiger partial charge is 0.234 e. The van der Waals surface area contributed by atoms with Crippen molar-refractivity contribution in [3.63, 3.8) is 0 Å². The zero-order valence-electron chi connectivity index (χ0n) is 11.6. The second kappa shape index (κ2) is 4.75. The summed E-state index contributed by atoms with van der Waals surface area (Å²) < 4.78 is 7.42. The van der Waals surface area contributed by atoms with Crippen LogP contribution in [0.2, 0.25) is 0 Å². The number of aromatic nitrogens is 4. The number of hydrogen-bond donors (Lipinski definition) is 1. The van der Waals surface area contributed by atoms with Gasteiger partial charge in [-0.3, -0.25) is 0 Å². The second-order valence-corrected chi connectivity index (χ2v) is 6.74. The SMILES string of the molecule is CCC1(c2nn3c(C4CCOC4)nnc3s2)CCNC1. The summed E-state index contributed by atoms with van der Waals surface area (Å²) in [4.78, 5) is 0.918. The summed E-state index contributed by atoms with van der Waals surface area (Å²) in [5.74, 6) is 1.32. The molecule has 2 aliphatic heterocycles. The van der Waals surface area contributed by atoms with Gasteiger partial charge in [0.25, 0.3) is 0 Å². The maximum absolute atomic E-state index is 5.46. The largest absolute Gasteiger partial charge is 0.381 e. The van der Waals surface area contributed by atoms with Gasteiger partial charge in [-0.2, -0.15) is 9.61 Å². The Morgan fingerprint density at radius 3 is 3.15 bits per heavy atom. The first-order chi connectivity index (χ1) is 9.82. The predicted octanol–water partition coefficient (Wildman–Crippen LogP) is 1.33. The van der Waals surface area contributed by atoms with Gasteiger partial charge in [0.05, 0.1) is 6.61 Å². The Morgan fingerprint density at radius 1 is 1.50 bits per heavy atom. The minimum atomic E-state index is 0.189. The highest BCUT2D eigenvalue weighted by molar-refractivity contribution is 7.16. The van der Waals surface area contributed by atoms with Gasteiger partial charge in [0.15, 0.2) is 5.82 Å². The van der Waals surface area contributed by atoms with E-state index in [1.165, 1.54) is 5.01 Å². The van der Waals surface area contributed by atoms with E-state index in [1.807, 2.05) is 4.52 Å². The maximum atomic E-state index is 5.46. The fourth-order valence-corrected chi connectivity index (χ4v) is 4.35. The molecule has 6 nitrogen and oxygen atoms in total. The van der Waals surface area contributed by atoms with Crippen molar-refractivity contribution in [3.8, 4) is 0 Å². The molecule has 0 amide bonds. The minimum absolute atomic E-state index is 0.189. The molecular formula is C13H19N5OS. The molecular weight excluding hydrogens is 274 g/mol. The van der Waals surface area contributed by atoms with Gasteiger partial charge in [-0.25, -0.2) is 0 Å². The Morgan fingerprint density at radius 2 is 2.45 bits per heavy atom. The van der Waals surface area contributed by atoms with Crippen molar-refractivity contribution in [1.82, 2.24) is 25.1 Å². The zero-order valence-corrected chi connectivity index (χ0v) is 12.4. The lowest BCUT2D eigenvalue weighted by molar-refractivity contribution is 0.193. The number of nitrogens with one attached hydrogen (secondary N) is 1. The Bertz CT molecular complexity index is 609. The lowest BCUT2D eigenvalue weighted by Gasteiger charge is -2.22. The third kappa shape index (κ3) is 1.80. The van der Waals surface area contributed by atoms with Crippen LogP contribution in [0.3, 0.4) is 0 Å². The van der Waals surface area contributed by atoms with Crippen molar-refractivity contribution < 1.29 is 4.74 Å². The van der Waals surface area contributed by atoms with Gasteiger partial charge in [-0.05, 0) is 25.8 Å². The second-order valence-electron chi connectivity index (χ2n) is 5.78. The quantitative estimate of drug-likeness (QED) is 0.925. The third-order valence-corrected chi connectivity index (χ3v) is 5.83. The van der Waals surface area contributed by atoms with Crippen molar-refractivity contribution >= 4 is 16.3 Å². The molecule has 0 aliphatic carbocycles. The average molecular weight is 293 g/mol. The van der Waals surface area contributed by atoms with E-state index in [0.29, 0.717) is 5.92 Å². The highest BCUT2D eigenvalue weighted by Gasteiger charge is 2.38. The highest BCUT2D eigenvalue weighted by Crippen LogP contribution is 2.37. The lowest BCUT2D eigenvalue weighted by atomic mass is 9.85. The number of hydrogen-bond acceptors (Lipinski definition) is 6. The molecule has 20 heavy (non-hydrogen) atoms. The van der Waals surface area contributed by atoms with Crippen molar-refractivity contribution in [1.29, 1.82) is 0 Å². The number of ether oxygens (including phenoxy) is 1. The molecule has 2 aromatic rings. The van der Waals surface area contributed by atoms with E-state index in [4.69, 9.17) is 9.84 Å². The molecule has 0 spiro atoms. The molecule has 0 saturated carbocycles. The maximum Gasteiger partial charge on any atom is 0.234 e. The third-order valence-electron chi connectivity index (χ3n) is 4.68. The van der Waals surface area contributed by atoms with E-state index >= 15 is 0 Å². The topological polar surface area (TPSA) is 64.3 Å². The van der Waals surface area contributed by atoms with Gasteiger partial charge in [-0.15, -0.1) is 10.2 Å². The molecule has 2 aliphatic rings. The van der Waals surface area contributed by atoms with Crippen molar-refractivity contribution in [2.75, 3.05) is 26.3 Å². The Labute approximate surface area is 121 Å². The molecule has 4 rings (SSSR count). The lowest BCUT2D eigenvalue weighted by Crippen LogP contribution is -2.28. The molecule has 0 bridgehead atoms. The van der Waals surface area contributed by atoms with Gasteiger partial charge < -0.3 is 10.1 Å². The van der Waals surface area contributed by atoms with Gasteiger partial charge in [0.1, 0.15) is 5.01 Å². The van der Waals surface area contributed by atoms with Crippen LogP contribution in [0.25, 0.3) is 4.96 Å². The average Bonchev–Trinajstić information content (AvgIpc) is 3.21. The van der Waals surface area contributed by atoms with Gasteiger partial charge in [0.2, 0.25) is 4.96 Å². The van der Waals surface area contributed by atoms with Crippen LogP contribution in [0.15, 0.2) is 0 Å². The van der Waals surface area contributed by atoms with E-state index < -0.39 is 0 Å². The molecule has 2 aromatic heterocycles. The summed E-state index contributed by atoms with van der Waals surface area (Å²) in [5, 5.41) is 18.2. The molecule has 1 N–H and O–H groups in total. The van der Waals surface area contributed by atoms with Gasteiger partial charge in [0, 0.05) is 24.5 Å². The molecule has 4 heterocycles. The minimum Gasteiger partial charge on any atom is -0.381 e. The standard InChI is InChI=1S/C13H19N5OS/c1-2-13(4-5-14-8-13)11-17-18-10(9-3-6-19-7-9)15-16-12(18)20-11/h9,14H,2-8H2,1H3. The number of fused-ring (bicyclic) bond motifs is 1. The molecule has 7 heteroatoms. The van der Waals surface area contributed by atoms with E-state index in [9.17, 15) is 0 Å². The highest BCUT2D eigenvalue weighted by atomic mass is 32.1. The summed E-state index contributed by atoms with van der Waals surface area (Å²) >= 11 is 1.70. The van der Waals surface area contributed by atoms with E-state index in [1.54, 1.807) is 11.3 Å². The predicted molar refractivity (Wildman–Crippen MR) is 76.3 cm³/mol. The summed E-state index contributed by atoms with van der Waals surface area (Å²) in [6.07, 6.45) is 3.30. The number of nitrogens with zero attached hydrogens (tertiary/aromatic N) is 4. The van der Waals surface area contributed by atoms with Crippen molar-refractivity contribution in [2.45, 2.75) is 37.5 Å². The molecule has 108 valence electrons. The Balaban J connectivity index is 1.75. The summed E-state index contributed by atoms with van der Waals surface area (Å²) in [5.41, 5.74) is 0.189. The normalized spacial score (nSPS) is 30.6. The van der Waals surface area contributed by atoms with Crippen LogP contribution in [0, 0.1) is 0 Å². The van der Waals surface area contributed by atoms with Crippen LogP contribution in [0.5, 0.6) is 0 Å². The summed E-state index contributed by atoms with van der Waals surface area (Å²) in [6.45, 7) is 5.92. The fraction of sp³-hybridized carbons (Fsp3) is 0.769. The van der Waals surface area contributed by atoms with Crippen LogP contribution in [-0.4, -0.2) is 46.1 Å². The number of rotatable bonds is 3. The zero-order chi connectivity index (χ0) is 13.6. The first-order valence-electron chi connectivity index (χ1n) is 7.33. The Kier molecular flexibility index (Phi) is 3.01. The summed E-state index contributed by atoms with van der Waals surface area (Å²) in [7, 11) is 0. The summed E-state index contributed by atoms with van der Waals surface area (Å²) in [6, 6.07) is 0. The first-order valence-corrected chi connectivity index (χ1v) is 8.15. The fourth-order valence-electron chi connectivity index (χ4n) is 3.22. The molecule has 2 fully saturated rings. The molecule has 0 aromatic carbocycles.